The molecule has 3 rings (SSSR count). The molecule has 0 amide bonds. The number of amidine groups is 1. The molecule has 7 nitrogen and oxygen atoms in total. The van der Waals surface area contributed by atoms with Crippen molar-refractivity contribution in [2.45, 2.75) is 6.54 Å². The van der Waals surface area contributed by atoms with Crippen LogP contribution >= 0.6 is 0 Å². The van der Waals surface area contributed by atoms with Crippen LogP contribution in [0.15, 0.2) is 77.2 Å². The third-order valence-corrected chi connectivity index (χ3v) is 3.48. The van der Waals surface area contributed by atoms with Crippen molar-refractivity contribution < 1.29 is 4.74 Å². The predicted octanol–water partition coefficient (Wildman–Crippen LogP) is 2.10. The van der Waals surface area contributed by atoms with E-state index in [-0.39, 0.29) is 0 Å². The number of rotatable bonds is 4. The van der Waals surface area contributed by atoms with Crippen LogP contribution in [0.3, 0.4) is 0 Å². The van der Waals surface area contributed by atoms with E-state index in [1.807, 2.05) is 54.6 Å². The Balaban J connectivity index is 1.87. The summed E-state index contributed by atoms with van der Waals surface area (Å²) in [7, 11) is 1.64. The molecule has 0 aliphatic carbocycles. The number of ether oxygens (including phenoxy) is 1. The molecule has 7 heteroatoms. The third kappa shape index (κ3) is 4.29. The lowest BCUT2D eigenvalue weighted by Gasteiger charge is -2.05. The third-order valence-electron chi connectivity index (χ3n) is 3.48. The van der Waals surface area contributed by atoms with Crippen LogP contribution in [0.1, 0.15) is 11.1 Å². The fraction of sp³-hybridized carbons (Fsp3) is 0.111. The number of nitrogens with zero attached hydrogens (tertiary/aromatic N) is 5. The van der Waals surface area contributed by atoms with E-state index in [1.165, 1.54) is 17.3 Å². The van der Waals surface area contributed by atoms with Gasteiger partial charge in [-0.05, 0) is 17.7 Å². The molecule has 0 atom stereocenters. The number of hydrogen-bond donors (Lipinski definition) is 1. The van der Waals surface area contributed by atoms with Crippen LogP contribution in [0.4, 0.5) is 0 Å². The molecule has 0 aliphatic heterocycles. The van der Waals surface area contributed by atoms with Gasteiger partial charge in [0.1, 0.15) is 24.2 Å². The highest BCUT2D eigenvalue weighted by atomic mass is 16.5. The summed E-state index contributed by atoms with van der Waals surface area (Å²) >= 11 is 0. The van der Waals surface area contributed by atoms with E-state index in [0.717, 1.165) is 16.9 Å². The van der Waals surface area contributed by atoms with Gasteiger partial charge in [0.05, 0.1) is 13.7 Å². The molecule has 1 heterocycles. The lowest BCUT2D eigenvalue weighted by molar-refractivity contribution is 0.414. The molecule has 1 aromatic heterocycles. The number of hydrogen-bond acceptors (Lipinski definition) is 4. The fourth-order valence-corrected chi connectivity index (χ4v) is 2.14. The molecule has 25 heavy (non-hydrogen) atoms. The molecular formula is C18H18N6O. The predicted molar refractivity (Wildman–Crippen MR) is 96.7 cm³/mol. The first-order chi connectivity index (χ1) is 12.3. The van der Waals surface area contributed by atoms with E-state index in [2.05, 4.69) is 20.1 Å². The van der Waals surface area contributed by atoms with E-state index in [9.17, 15) is 0 Å². The lowest BCUT2D eigenvalue weighted by atomic mass is 10.2. The average Bonchev–Trinajstić information content (AvgIpc) is 3.20. The van der Waals surface area contributed by atoms with Crippen LogP contribution < -0.4 is 10.5 Å². The highest BCUT2D eigenvalue weighted by molar-refractivity contribution is 6.05. The Morgan fingerprint density at radius 2 is 1.88 bits per heavy atom. The molecule has 3 aromatic rings. The van der Waals surface area contributed by atoms with Crippen molar-refractivity contribution in [2.75, 3.05) is 7.11 Å². The Labute approximate surface area is 145 Å². The molecule has 2 aromatic carbocycles. The minimum Gasteiger partial charge on any atom is -0.497 e. The first-order valence-electron chi connectivity index (χ1n) is 7.68. The van der Waals surface area contributed by atoms with Crippen LogP contribution in [0.25, 0.3) is 0 Å². The number of aromatic nitrogens is 3. The fourth-order valence-electron chi connectivity index (χ4n) is 2.14. The zero-order chi connectivity index (χ0) is 17.5. The number of aliphatic imine (C=N–C) groups is 2. The van der Waals surface area contributed by atoms with Gasteiger partial charge >= 0.3 is 0 Å². The largest absolute Gasteiger partial charge is 0.497 e. The molecule has 0 saturated carbocycles. The topological polar surface area (TPSA) is 90.7 Å². The van der Waals surface area contributed by atoms with E-state index < -0.39 is 0 Å². The molecule has 0 spiro atoms. The van der Waals surface area contributed by atoms with Crippen molar-refractivity contribution in [2.24, 2.45) is 15.7 Å². The van der Waals surface area contributed by atoms with Crippen LogP contribution in [-0.2, 0) is 6.54 Å². The minimum atomic E-state index is 0.365. The van der Waals surface area contributed by atoms with Crippen LogP contribution in [0.5, 0.6) is 5.75 Å². The summed E-state index contributed by atoms with van der Waals surface area (Å²) in [5, 5.41) is 4.10. The minimum absolute atomic E-state index is 0.365. The number of nitrogens with two attached hydrogens (primary N) is 1. The molecule has 0 radical (unpaired) electrons. The number of benzene rings is 2. The second kappa shape index (κ2) is 7.87. The van der Waals surface area contributed by atoms with Gasteiger partial charge < -0.3 is 10.5 Å². The van der Waals surface area contributed by atoms with E-state index >= 15 is 0 Å². The zero-order valence-corrected chi connectivity index (χ0v) is 13.8. The molecule has 0 aliphatic rings. The Hall–Kier alpha value is -3.48. The highest BCUT2D eigenvalue weighted by Crippen LogP contribution is 2.12. The van der Waals surface area contributed by atoms with Crippen molar-refractivity contribution in [3.8, 4) is 5.75 Å². The zero-order valence-electron chi connectivity index (χ0n) is 13.8. The average molecular weight is 334 g/mol. The van der Waals surface area contributed by atoms with Gasteiger partial charge in [-0.15, -0.1) is 0 Å². The molecular weight excluding hydrogens is 316 g/mol. The van der Waals surface area contributed by atoms with Crippen molar-refractivity contribution in [3.05, 3.63) is 78.4 Å². The van der Waals surface area contributed by atoms with Gasteiger partial charge in [-0.3, -0.25) is 0 Å². The van der Waals surface area contributed by atoms with E-state index in [0.29, 0.717) is 18.3 Å². The standard InChI is InChI=1S/C18H18N6O/c1-25-16-9-7-14(8-10-16)11-21-18(24-13-20-12-22-24)23-17(19)15-5-3-2-4-6-15/h2-10,12-13H,11H2,1H3,(H2,19,21,23). The molecule has 0 bridgehead atoms. The normalized spacial score (nSPS) is 12.2. The first-order valence-corrected chi connectivity index (χ1v) is 7.68. The van der Waals surface area contributed by atoms with Crippen LogP contribution in [0, 0.1) is 0 Å². The summed E-state index contributed by atoms with van der Waals surface area (Å²) in [6.07, 6.45) is 2.96. The Kier molecular flexibility index (Phi) is 5.16. The van der Waals surface area contributed by atoms with Gasteiger partial charge in [-0.25, -0.2) is 9.98 Å². The first kappa shape index (κ1) is 16.4. The second-order valence-electron chi connectivity index (χ2n) is 5.17. The van der Waals surface area contributed by atoms with Gasteiger partial charge in [0.25, 0.3) is 0 Å². The lowest BCUT2D eigenvalue weighted by Crippen LogP contribution is -2.20. The monoisotopic (exact) mass is 334 g/mol. The van der Waals surface area contributed by atoms with Gasteiger partial charge in [0.2, 0.25) is 5.96 Å². The van der Waals surface area contributed by atoms with Gasteiger partial charge in [-0.1, -0.05) is 42.5 Å². The molecule has 0 saturated heterocycles. The Morgan fingerprint density at radius 3 is 2.52 bits per heavy atom. The van der Waals surface area contributed by atoms with Crippen LogP contribution in [0.2, 0.25) is 0 Å². The van der Waals surface area contributed by atoms with E-state index in [4.69, 9.17) is 10.5 Å². The van der Waals surface area contributed by atoms with Crippen molar-refractivity contribution >= 4 is 11.8 Å². The van der Waals surface area contributed by atoms with Crippen molar-refractivity contribution in [1.29, 1.82) is 0 Å². The summed E-state index contributed by atoms with van der Waals surface area (Å²) < 4.78 is 6.64. The summed E-state index contributed by atoms with van der Waals surface area (Å²) in [5.74, 6) is 1.54. The van der Waals surface area contributed by atoms with Crippen molar-refractivity contribution in [1.82, 2.24) is 14.8 Å². The smallest absolute Gasteiger partial charge is 0.249 e. The molecule has 126 valence electrons. The highest BCUT2D eigenvalue weighted by Gasteiger charge is 2.05. The van der Waals surface area contributed by atoms with Gasteiger partial charge in [0.15, 0.2) is 0 Å². The maximum Gasteiger partial charge on any atom is 0.249 e. The van der Waals surface area contributed by atoms with E-state index in [1.54, 1.807) is 7.11 Å². The maximum absolute atomic E-state index is 6.10. The summed E-state index contributed by atoms with van der Waals surface area (Å²) in [5.41, 5.74) is 7.94. The quantitative estimate of drug-likeness (QED) is 0.584. The molecule has 2 N–H and O–H groups in total. The molecule has 0 fully saturated rings. The summed E-state index contributed by atoms with van der Waals surface area (Å²) in [6, 6.07) is 17.2. The SMILES string of the molecule is COc1ccc(CN=C(/N=C(\N)c2ccccc2)n2cncn2)cc1. The Bertz CT molecular complexity index is 854. The van der Waals surface area contributed by atoms with Gasteiger partial charge in [-0.2, -0.15) is 14.8 Å². The van der Waals surface area contributed by atoms with Gasteiger partial charge in [0, 0.05) is 5.56 Å². The van der Waals surface area contributed by atoms with Crippen molar-refractivity contribution in [3.63, 3.8) is 0 Å². The van der Waals surface area contributed by atoms with Crippen LogP contribution in [-0.4, -0.2) is 33.7 Å². The summed E-state index contributed by atoms with van der Waals surface area (Å²) in [4.78, 5) is 12.9. The summed E-state index contributed by atoms with van der Waals surface area (Å²) in [6.45, 7) is 0.435. The molecule has 0 unspecified atom stereocenters. The maximum atomic E-state index is 6.10. The second-order valence-corrected chi connectivity index (χ2v) is 5.17. The number of methoxy groups -OCH3 is 1. The Morgan fingerprint density at radius 1 is 1.12 bits per heavy atom.